The molecule has 1 atom stereocenters. The summed E-state index contributed by atoms with van der Waals surface area (Å²) in [5, 5.41) is 10.2. The molecule has 9 heteroatoms. The predicted octanol–water partition coefficient (Wildman–Crippen LogP) is -0.193. The lowest BCUT2D eigenvalue weighted by molar-refractivity contribution is -0.135. The molecule has 0 bridgehead atoms. The summed E-state index contributed by atoms with van der Waals surface area (Å²) >= 11 is 0. The van der Waals surface area contributed by atoms with Gasteiger partial charge in [-0.1, -0.05) is 0 Å². The van der Waals surface area contributed by atoms with Gasteiger partial charge in [-0.15, -0.1) is 10.2 Å². The van der Waals surface area contributed by atoms with Gasteiger partial charge in [0.15, 0.2) is 0 Å². The fourth-order valence-corrected chi connectivity index (χ4v) is 2.01. The Hall–Kier alpha value is -2.71. The molecule has 2 amide bonds. The Balaban J connectivity index is 2.04. The van der Waals surface area contributed by atoms with Gasteiger partial charge < -0.3 is 19.6 Å². The number of imidazole rings is 1. The topological polar surface area (TPSA) is 117 Å². The third-order valence-electron chi connectivity index (χ3n) is 2.97. The second-order valence-corrected chi connectivity index (χ2v) is 4.94. The van der Waals surface area contributed by atoms with Crippen molar-refractivity contribution in [3.05, 3.63) is 30.0 Å². The number of nitrogens with one attached hydrogen (secondary N) is 2. The first-order valence-electron chi connectivity index (χ1n) is 6.74. The summed E-state index contributed by atoms with van der Waals surface area (Å²) in [5.74, 6) is 0.253. The Bertz CT molecular complexity index is 636. The van der Waals surface area contributed by atoms with Gasteiger partial charge in [0, 0.05) is 39.2 Å². The number of rotatable bonds is 6. The Kier molecular flexibility index (Phi) is 4.87. The first-order chi connectivity index (χ1) is 10.5. The van der Waals surface area contributed by atoms with Crippen LogP contribution in [0.25, 0.3) is 0 Å². The van der Waals surface area contributed by atoms with Crippen LogP contribution in [0.15, 0.2) is 16.9 Å². The summed E-state index contributed by atoms with van der Waals surface area (Å²) in [6.07, 6.45) is 3.46. The standard InChI is InChI=1S/C13H18N6O3/c1-8(20)16-11(4-10-5-14-7-15-10)13(21)19(3)6-12-18-17-9(2)22-12/h5,7,11H,4,6H2,1-3H3,(H,14,15)(H,16,20)/t11-/m0/s1. The van der Waals surface area contributed by atoms with Gasteiger partial charge in [0.1, 0.15) is 6.04 Å². The molecule has 2 rings (SSSR count). The molecule has 0 aliphatic heterocycles. The molecule has 0 unspecified atom stereocenters. The van der Waals surface area contributed by atoms with Gasteiger partial charge >= 0.3 is 0 Å². The number of hydrogen-bond donors (Lipinski definition) is 2. The maximum atomic E-state index is 12.5. The van der Waals surface area contributed by atoms with E-state index >= 15 is 0 Å². The zero-order valence-electron chi connectivity index (χ0n) is 12.7. The highest BCUT2D eigenvalue weighted by Gasteiger charge is 2.25. The van der Waals surface area contributed by atoms with E-state index in [1.54, 1.807) is 20.2 Å². The van der Waals surface area contributed by atoms with Crippen LogP contribution in [-0.4, -0.2) is 50.0 Å². The number of H-pyrrole nitrogens is 1. The van der Waals surface area contributed by atoms with Crippen molar-refractivity contribution < 1.29 is 14.0 Å². The SMILES string of the molecule is CC(=O)N[C@@H](Cc1cnc[nH]1)C(=O)N(C)Cc1nnc(C)o1. The van der Waals surface area contributed by atoms with Crippen LogP contribution in [0.5, 0.6) is 0 Å². The number of carbonyl (C=O) groups is 2. The summed E-state index contributed by atoms with van der Waals surface area (Å²) in [4.78, 5) is 32.1. The van der Waals surface area contributed by atoms with Crippen LogP contribution in [0.2, 0.25) is 0 Å². The van der Waals surface area contributed by atoms with E-state index in [4.69, 9.17) is 4.42 Å². The Morgan fingerprint density at radius 3 is 2.77 bits per heavy atom. The predicted molar refractivity (Wildman–Crippen MR) is 75.4 cm³/mol. The number of aryl methyl sites for hydroxylation is 1. The Labute approximate surface area is 127 Å². The number of aromatic amines is 1. The van der Waals surface area contributed by atoms with Crippen LogP contribution in [0.1, 0.15) is 24.4 Å². The van der Waals surface area contributed by atoms with Crippen LogP contribution < -0.4 is 5.32 Å². The van der Waals surface area contributed by atoms with Gasteiger partial charge in [0.2, 0.25) is 23.6 Å². The van der Waals surface area contributed by atoms with Gasteiger partial charge in [0.25, 0.3) is 0 Å². The third kappa shape index (κ3) is 4.14. The smallest absolute Gasteiger partial charge is 0.245 e. The van der Waals surface area contributed by atoms with Crippen molar-refractivity contribution in [3.63, 3.8) is 0 Å². The van der Waals surface area contributed by atoms with Crippen molar-refractivity contribution in [1.82, 2.24) is 30.4 Å². The highest BCUT2D eigenvalue weighted by molar-refractivity contribution is 5.86. The van der Waals surface area contributed by atoms with Crippen molar-refractivity contribution >= 4 is 11.8 Å². The molecule has 2 N–H and O–H groups in total. The molecule has 0 radical (unpaired) electrons. The fourth-order valence-electron chi connectivity index (χ4n) is 2.01. The summed E-state index contributed by atoms with van der Waals surface area (Å²) in [6, 6.07) is -0.688. The van der Waals surface area contributed by atoms with Crippen molar-refractivity contribution in [2.75, 3.05) is 7.05 Å². The second-order valence-electron chi connectivity index (χ2n) is 4.94. The van der Waals surface area contributed by atoms with Crippen LogP contribution in [0, 0.1) is 6.92 Å². The highest BCUT2D eigenvalue weighted by Crippen LogP contribution is 2.06. The average Bonchev–Trinajstić information content (AvgIpc) is 3.08. The molecule has 0 saturated heterocycles. The lowest BCUT2D eigenvalue weighted by Crippen LogP contribution is -2.47. The quantitative estimate of drug-likeness (QED) is 0.763. The van der Waals surface area contributed by atoms with E-state index in [0.29, 0.717) is 18.2 Å². The molecule has 0 aliphatic carbocycles. The van der Waals surface area contributed by atoms with Gasteiger partial charge in [-0.2, -0.15) is 0 Å². The van der Waals surface area contributed by atoms with E-state index in [1.165, 1.54) is 18.2 Å². The summed E-state index contributed by atoms with van der Waals surface area (Å²) in [5.41, 5.74) is 0.758. The van der Waals surface area contributed by atoms with Crippen LogP contribution in [-0.2, 0) is 22.6 Å². The molecule has 0 fully saturated rings. The zero-order chi connectivity index (χ0) is 16.1. The summed E-state index contributed by atoms with van der Waals surface area (Å²) in [7, 11) is 1.61. The van der Waals surface area contributed by atoms with E-state index in [9.17, 15) is 9.59 Å². The Morgan fingerprint density at radius 1 is 1.45 bits per heavy atom. The lowest BCUT2D eigenvalue weighted by atomic mass is 10.1. The number of aromatic nitrogens is 4. The minimum Gasteiger partial charge on any atom is -0.424 e. The normalized spacial score (nSPS) is 12.0. The fraction of sp³-hybridized carbons (Fsp3) is 0.462. The number of hydrogen-bond acceptors (Lipinski definition) is 6. The van der Waals surface area contributed by atoms with E-state index in [-0.39, 0.29) is 18.4 Å². The maximum Gasteiger partial charge on any atom is 0.245 e. The number of nitrogens with zero attached hydrogens (tertiary/aromatic N) is 4. The van der Waals surface area contributed by atoms with Crippen molar-refractivity contribution in [3.8, 4) is 0 Å². The van der Waals surface area contributed by atoms with Crippen LogP contribution in [0.3, 0.4) is 0 Å². The van der Waals surface area contributed by atoms with Gasteiger partial charge in [-0.25, -0.2) is 4.98 Å². The molecule has 0 aromatic carbocycles. The molecule has 2 heterocycles. The monoisotopic (exact) mass is 306 g/mol. The second kappa shape index (κ2) is 6.83. The van der Waals surface area contributed by atoms with Crippen molar-refractivity contribution in [1.29, 1.82) is 0 Å². The molecule has 118 valence electrons. The van der Waals surface area contributed by atoms with Crippen LogP contribution >= 0.6 is 0 Å². The molecular formula is C13H18N6O3. The lowest BCUT2D eigenvalue weighted by Gasteiger charge is -2.22. The number of carbonyl (C=O) groups excluding carboxylic acids is 2. The average molecular weight is 306 g/mol. The third-order valence-corrected chi connectivity index (χ3v) is 2.97. The van der Waals surface area contributed by atoms with E-state index in [1.807, 2.05) is 0 Å². The van der Waals surface area contributed by atoms with Gasteiger partial charge in [0.05, 0.1) is 12.9 Å². The molecule has 0 aliphatic rings. The molecule has 22 heavy (non-hydrogen) atoms. The zero-order valence-corrected chi connectivity index (χ0v) is 12.7. The maximum absolute atomic E-state index is 12.5. The summed E-state index contributed by atoms with van der Waals surface area (Å²) < 4.78 is 5.25. The number of likely N-dealkylation sites (N-methyl/N-ethyl adjacent to an activating group) is 1. The molecule has 2 aromatic heterocycles. The highest BCUT2D eigenvalue weighted by atomic mass is 16.4. The van der Waals surface area contributed by atoms with Gasteiger partial charge in [-0.05, 0) is 0 Å². The molecule has 2 aromatic rings. The molecule has 0 saturated carbocycles. The van der Waals surface area contributed by atoms with Gasteiger partial charge in [-0.3, -0.25) is 9.59 Å². The number of amides is 2. The molecule has 0 spiro atoms. The molecular weight excluding hydrogens is 288 g/mol. The summed E-state index contributed by atoms with van der Waals surface area (Å²) in [6.45, 7) is 3.23. The van der Waals surface area contributed by atoms with E-state index in [0.717, 1.165) is 5.69 Å². The van der Waals surface area contributed by atoms with Crippen LogP contribution in [0.4, 0.5) is 0 Å². The molecule has 9 nitrogen and oxygen atoms in total. The van der Waals surface area contributed by atoms with E-state index < -0.39 is 6.04 Å². The largest absolute Gasteiger partial charge is 0.424 e. The van der Waals surface area contributed by atoms with Crippen molar-refractivity contribution in [2.45, 2.75) is 32.9 Å². The minimum atomic E-state index is -0.688. The first kappa shape index (κ1) is 15.7. The minimum absolute atomic E-state index is 0.179. The van der Waals surface area contributed by atoms with Crippen molar-refractivity contribution in [2.24, 2.45) is 0 Å². The first-order valence-corrected chi connectivity index (χ1v) is 6.74. The Morgan fingerprint density at radius 2 is 2.23 bits per heavy atom. The van der Waals surface area contributed by atoms with E-state index in [2.05, 4.69) is 25.5 Å².